The van der Waals surface area contributed by atoms with E-state index in [0.717, 1.165) is 13.1 Å². The molecule has 2 aliphatic heterocycles. The molecule has 2 aliphatic rings. The largest absolute Gasteiger partial charge is 0.311 e. The van der Waals surface area contributed by atoms with Crippen LogP contribution in [0.15, 0.2) is 29.3 Å². The third-order valence-corrected chi connectivity index (χ3v) is 2.89. The van der Waals surface area contributed by atoms with E-state index in [0.29, 0.717) is 5.92 Å². The number of piperidine rings is 1. The van der Waals surface area contributed by atoms with Gasteiger partial charge in [0.25, 0.3) is 0 Å². The minimum Gasteiger partial charge on any atom is -0.311 e. The first-order chi connectivity index (χ1) is 6.45. The van der Waals surface area contributed by atoms with Crippen molar-refractivity contribution < 1.29 is 0 Å². The highest BCUT2D eigenvalue weighted by molar-refractivity contribution is 5.99. The van der Waals surface area contributed by atoms with Crippen LogP contribution in [-0.2, 0) is 0 Å². The van der Waals surface area contributed by atoms with E-state index >= 15 is 0 Å². The Balaban J connectivity index is 2.09. The third kappa shape index (κ3) is 1.02. The average molecular weight is 172 g/mol. The quantitative estimate of drug-likeness (QED) is 0.634. The van der Waals surface area contributed by atoms with Gasteiger partial charge in [0.05, 0.1) is 5.69 Å². The van der Waals surface area contributed by atoms with Gasteiger partial charge in [0.1, 0.15) is 0 Å². The standard InChI is InChI=1S/C11H12N2/c1-2-4-10-8(3-1)9-5-6-12-7-11(9)13-10/h1-4,9,12H,5-7H2. The average Bonchev–Trinajstić information content (AvgIpc) is 2.56. The smallest absolute Gasteiger partial charge is 0.0668 e. The Morgan fingerprint density at radius 3 is 3.23 bits per heavy atom. The van der Waals surface area contributed by atoms with Gasteiger partial charge in [-0.15, -0.1) is 0 Å². The number of hydrogen-bond acceptors (Lipinski definition) is 2. The van der Waals surface area contributed by atoms with E-state index in [1.54, 1.807) is 0 Å². The monoisotopic (exact) mass is 172 g/mol. The summed E-state index contributed by atoms with van der Waals surface area (Å²) in [6.07, 6.45) is 1.20. The minimum absolute atomic E-state index is 0.609. The zero-order valence-corrected chi connectivity index (χ0v) is 7.46. The molecule has 2 nitrogen and oxygen atoms in total. The van der Waals surface area contributed by atoms with Crippen molar-refractivity contribution in [3.63, 3.8) is 0 Å². The summed E-state index contributed by atoms with van der Waals surface area (Å²) in [6, 6.07) is 8.50. The maximum atomic E-state index is 4.63. The summed E-state index contributed by atoms with van der Waals surface area (Å²) in [5.41, 5.74) is 3.94. The normalized spacial score (nSPS) is 24.9. The molecular weight excluding hydrogens is 160 g/mol. The molecule has 0 saturated carbocycles. The molecule has 1 atom stereocenters. The fourth-order valence-corrected chi connectivity index (χ4v) is 2.24. The summed E-state index contributed by atoms with van der Waals surface area (Å²) in [5, 5.41) is 3.36. The van der Waals surface area contributed by atoms with Gasteiger partial charge in [0.15, 0.2) is 0 Å². The van der Waals surface area contributed by atoms with Crippen molar-refractivity contribution in [3.05, 3.63) is 29.8 Å². The van der Waals surface area contributed by atoms with Crippen molar-refractivity contribution >= 4 is 11.4 Å². The van der Waals surface area contributed by atoms with E-state index in [1.807, 2.05) is 0 Å². The summed E-state index contributed by atoms with van der Waals surface area (Å²) >= 11 is 0. The first-order valence-electron chi connectivity index (χ1n) is 4.82. The van der Waals surface area contributed by atoms with E-state index in [4.69, 9.17) is 0 Å². The highest BCUT2D eigenvalue weighted by Crippen LogP contribution is 2.37. The number of benzene rings is 1. The van der Waals surface area contributed by atoms with Gasteiger partial charge < -0.3 is 5.32 Å². The van der Waals surface area contributed by atoms with Gasteiger partial charge in [0.2, 0.25) is 0 Å². The minimum atomic E-state index is 0.609. The van der Waals surface area contributed by atoms with Gasteiger partial charge in [-0.3, -0.25) is 4.99 Å². The zero-order chi connectivity index (χ0) is 8.67. The summed E-state index contributed by atoms with van der Waals surface area (Å²) in [7, 11) is 0. The second-order valence-corrected chi connectivity index (χ2v) is 3.68. The Kier molecular flexibility index (Phi) is 1.49. The van der Waals surface area contributed by atoms with Crippen LogP contribution in [0.25, 0.3) is 0 Å². The molecule has 0 spiro atoms. The van der Waals surface area contributed by atoms with Crippen molar-refractivity contribution in [3.8, 4) is 0 Å². The van der Waals surface area contributed by atoms with Crippen LogP contribution in [0, 0.1) is 0 Å². The lowest BCUT2D eigenvalue weighted by Crippen LogP contribution is -2.33. The maximum Gasteiger partial charge on any atom is 0.0668 e. The summed E-state index contributed by atoms with van der Waals surface area (Å²) < 4.78 is 0. The lowest BCUT2D eigenvalue weighted by atomic mass is 9.90. The predicted molar refractivity (Wildman–Crippen MR) is 53.8 cm³/mol. The van der Waals surface area contributed by atoms with Crippen LogP contribution < -0.4 is 5.32 Å². The molecular formula is C11H12N2. The molecule has 0 bridgehead atoms. The van der Waals surface area contributed by atoms with Gasteiger partial charge in [-0.1, -0.05) is 18.2 Å². The number of nitrogens with one attached hydrogen (secondary N) is 1. The highest BCUT2D eigenvalue weighted by atomic mass is 14.9. The van der Waals surface area contributed by atoms with Crippen LogP contribution in [0.3, 0.4) is 0 Å². The molecule has 1 saturated heterocycles. The number of para-hydroxylation sites is 1. The van der Waals surface area contributed by atoms with E-state index in [9.17, 15) is 0 Å². The van der Waals surface area contributed by atoms with E-state index in [2.05, 4.69) is 34.6 Å². The molecule has 0 amide bonds. The van der Waals surface area contributed by atoms with E-state index < -0.39 is 0 Å². The molecule has 2 heteroatoms. The Morgan fingerprint density at radius 1 is 1.31 bits per heavy atom. The Labute approximate surface area is 77.7 Å². The summed E-state index contributed by atoms with van der Waals surface area (Å²) in [6.45, 7) is 2.09. The molecule has 0 aromatic heterocycles. The second kappa shape index (κ2) is 2.67. The third-order valence-electron chi connectivity index (χ3n) is 2.89. The van der Waals surface area contributed by atoms with Gasteiger partial charge in [-0.05, 0) is 24.6 Å². The van der Waals surface area contributed by atoms with Crippen LogP contribution in [0.5, 0.6) is 0 Å². The predicted octanol–water partition coefficient (Wildman–Crippen LogP) is 1.85. The number of hydrogen-bond donors (Lipinski definition) is 1. The molecule has 2 heterocycles. The lowest BCUT2D eigenvalue weighted by Gasteiger charge is -2.20. The molecule has 3 rings (SSSR count). The number of rotatable bonds is 0. The topological polar surface area (TPSA) is 24.4 Å². The number of nitrogens with zero attached hydrogens (tertiary/aromatic N) is 1. The van der Waals surface area contributed by atoms with Crippen molar-refractivity contribution in [1.29, 1.82) is 0 Å². The summed E-state index contributed by atoms with van der Waals surface area (Å²) in [5.74, 6) is 0.609. The molecule has 66 valence electrons. The van der Waals surface area contributed by atoms with Crippen molar-refractivity contribution in [2.45, 2.75) is 12.3 Å². The zero-order valence-electron chi connectivity index (χ0n) is 7.46. The Morgan fingerprint density at radius 2 is 2.23 bits per heavy atom. The van der Waals surface area contributed by atoms with E-state index in [1.165, 1.54) is 23.4 Å². The van der Waals surface area contributed by atoms with Crippen LogP contribution in [0.2, 0.25) is 0 Å². The van der Waals surface area contributed by atoms with Crippen LogP contribution in [0.4, 0.5) is 5.69 Å². The first kappa shape index (κ1) is 7.27. The SMILES string of the molecule is c1ccc2c(c1)N=C1CNCCC12. The first-order valence-corrected chi connectivity index (χ1v) is 4.82. The second-order valence-electron chi connectivity index (χ2n) is 3.68. The van der Waals surface area contributed by atoms with Gasteiger partial charge in [-0.25, -0.2) is 0 Å². The molecule has 1 N–H and O–H groups in total. The van der Waals surface area contributed by atoms with Crippen LogP contribution in [0.1, 0.15) is 17.9 Å². The lowest BCUT2D eigenvalue weighted by molar-refractivity contribution is 0.631. The van der Waals surface area contributed by atoms with Gasteiger partial charge in [-0.2, -0.15) is 0 Å². The van der Waals surface area contributed by atoms with Crippen LogP contribution >= 0.6 is 0 Å². The van der Waals surface area contributed by atoms with Gasteiger partial charge >= 0.3 is 0 Å². The van der Waals surface area contributed by atoms with Crippen molar-refractivity contribution in [1.82, 2.24) is 5.32 Å². The van der Waals surface area contributed by atoms with Gasteiger partial charge in [0, 0.05) is 18.2 Å². The van der Waals surface area contributed by atoms with Crippen LogP contribution in [-0.4, -0.2) is 18.8 Å². The fraction of sp³-hybridized carbons (Fsp3) is 0.364. The fourth-order valence-electron chi connectivity index (χ4n) is 2.24. The maximum absolute atomic E-state index is 4.63. The number of aliphatic imine (C=N–C) groups is 1. The number of fused-ring (bicyclic) bond motifs is 3. The molecule has 1 aromatic rings. The summed E-state index contributed by atoms with van der Waals surface area (Å²) in [4.78, 5) is 4.63. The molecule has 1 aromatic carbocycles. The molecule has 0 radical (unpaired) electrons. The molecule has 1 fully saturated rings. The Bertz CT molecular complexity index is 368. The molecule has 1 unspecified atom stereocenters. The highest BCUT2D eigenvalue weighted by Gasteiger charge is 2.28. The molecule has 13 heavy (non-hydrogen) atoms. The van der Waals surface area contributed by atoms with E-state index in [-0.39, 0.29) is 0 Å². The molecule has 0 aliphatic carbocycles. The Hall–Kier alpha value is -1.15. The van der Waals surface area contributed by atoms with Crippen molar-refractivity contribution in [2.24, 2.45) is 4.99 Å². The van der Waals surface area contributed by atoms with Crippen molar-refractivity contribution in [2.75, 3.05) is 13.1 Å².